The van der Waals surface area contributed by atoms with Gasteiger partial charge in [-0.2, -0.15) is 0 Å². The summed E-state index contributed by atoms with van der Waals surface area (Å²) in [7, 11) is 0. The van der Waals surface area contributed by atoms with Gasteiger partial charge in [-0.3, -0.25) is 10.2 Å². The Hall–Kier alpha value is -1.34. The van der Waals surface area contributed by atoms with Crippen LogP contribution >= 0.6 is 0 Å². The Balaban J connectivity index is 3.94. The van der Waals surface area contributed by atoms with Crippen LogP contribution in [0.2, 0.25) is 0 Å². The minimum atomic E-state index is -1.40. The van der Waals surface area contributed by atoms with Gasteiger partial charge >= 0.3 is 6.09 Å². The van der Waals surface area contributed by atoms with E-state index in [9.17, 15) is 9.59 Å². The molecule has 0 aliphatic heterocycles. The number of carboxylic acid groups (broad SMARTS) is 1. The highest BCUT2D eigenvalue weighted by atomic mass is 16.4. The molecule has 11 heavy (non-hydrogen) atoms. The highest BCUT2D eigenvalue weighted by Crippen LogP contribution is 1.80. The van der Waals surface area contributed by atoms with Crippen molar-refractivity contribution in [2.45, 2.75) is 6.04 Å². The Morgan fingerprint density at radius 1 is 1.55 bits per heavy atom. The molecule has 0 aromatic rings. The van der Waals surface area contributed by atoms with E-state index < -0.39 is 24.6 Å². The predicted octanol–water partition coefficient (Wildman–Crippen LogP) is -2.40. The molecule has 0 fully saturated rings. The zero-order valence-corrected chi connectivity index (χ0v) is 5.57. The third kappa shape index (κ3) is 3.38. The van der Waals surface area contributed by atoms with Gasteiger partial charge in [0.1, 0.15) is 6.04 Å². The van der Waals surface area contributed by atoms with Gasteiger partial charge in [0.2, 0.25) is 0 Å². The van der Waals surface area contributed by atoms with Gasteiger partial charge in [0.25, 0.3) is 5.91 Å². The minimum absolute atomic E-state index is 0.630. The second-order valence-corrected chi connectivity index (χ2v) is 1.69. The number of carbonyl (C=O) groups excluding carboxylic acids is 1. The van der Waals surface area contributed by atoms with E-state index in [0.717, 1.165) is 0 Å². The van der Waals surface area contributed by atoms with Crippen molar-refractivity contribution in [3.63, 3.8) is 0 Å². The summed E-state index contributed by atoms with van der Waals surface area (Å²) in [6.45, 7) is -0.630. The lowest BCUT2D eigenvalue weighted by Gasteiger charge is -2.10. The molecule has 0 radical (unpaired) electrons. The SMILES string of the molecule is NNC(=O)C(CO)NC(=O)O. The molecule has 64 valence electrons. The molecule has 0 aliphatic carbocycles. The minimum Gasteiger partial charge on any atom is -0.465 e. The normalized spacial score (nSPS) is 11.8. The first-order valence-electron chi connectivity index (χ1n) is 2.72. The average Bonchev–Trinajstić information content (AvgIpc) is 1.98. The van der Waals surface area contributed by atoms with E-state index in [4.69, 9.17) is 10.2 Å². The molecule has 1 atom stereocenters. The molecule has 0 aliphatic rings. The Kier molecular flexibility index (Phi) is 3.93. The molecule has 6 N–H and O–H groups in total. The third-order valence-corrected chi connectivity index (χ3v) is 0.939. The number of hydrogen-bond donors (Lipinski definition) is 5. The number of amides is 2. The highest BCUT2D eigenvalue weighted by molar-refractivity contribution is 5.84. The molecule has 7 nitrogen and oxygen atoms in total. The summed E-state index contributed by atoms with van der Waals surface area (Å²) in [5.74, 6) is 3.90. The molecule has 0 aromatic heterocycles. The molecule has 0 heterocycles. The quantitative estimate of drug-likeness (QED) is 0.180. The summed E-state index contributed by atoms with van der Waals surface area (Å²) >= 11 is 0. The van der Waals surface area contributed by atoms with Gasteiger partial charge in [0, 0.05) is 0 Å². The van der Waals surface area contributed by atoms with Gasteiger partial charge in [-0.15, -0.1) is 0 Å². The lowest BCUT2D eigenvalue weighted by atomic mass is 10.3. The Labute approximate surface area is 62.2 Å². The molecule has 2 amide bonds. The number of hydrogen-bond acceptors (Lipinski definition) is 4. The molecule has 0 saturated carbocycles. The van der Waals surface area contributed by atoms with Crippen molar-refractivity contribution in [1.29, 1.82) is 0 Å². The molecule has 0 spiro atoms. The molecule has 7 heteroatoms. The summed E-state index contributed by atoms with van der Waals surface area (Å²) in [6.07, 6.45) is -1.40. The summed E-state index contributed by atoms with van der Waals surface area (Å²) in [4.78, 5) is 20.5. The molecule has 0 aromatic carbocycles. The highest BCUT2D eigenvalue weighted by Gasteiger charge is 2.17. The van der Waals surface area contributed by atoms with Crippen LogP contribution in [0.5, 0.6) is 0 Å². The van der Waals surface area contributed by atoms with Crippen molar-refractivity contribution in [2.75, 3.05) is 6.61 Å². The first kappa shape index (κ1) is 9.66. The Morgan fingerprint density at radius 3 is 2.36 bits per heavy atom. The predicted molar refractivity (Wildman–Crippen MR) is 34.4 cm³/mol. The molecule has 0 bridgehead atoms. The zero-order chi connectivity index (χ0) is 8.85. The number of carbonyl (C=O) groups is 2. The molecular formula is C4H9N3O4. The number of nitrogens with one attached hydrogen (secondary N) is 2. The molecule has 0 saturated heterocycles. The number of hydrazine groups is 1. The van der Waals surface area contributed by atoms with E-state index in [1.54, 1.807) is 10.7 Å². The topological polar surface area (TPSA) is 125 Å². The third-order valence-electron chi connectivity index (χ3n) is 0.939. The molecular weight excluding hydrogens is 154 g/mol. The van der Waals surface area contributed by atoms with Crippen LogP contribution in [0, 0.1) is 0 Å². The van der Waals surface area contributed by atoms with Crippen molar-refractivity contribution in [3.05, 3.63) is 0 Å². The Morgan fingerprint density at radius 2 is 2.09 bits per heavy atom. The van der Waals surface area contributed by atoms with Crippen molar-refractivity contribution in [2.24, 2.45) is 5.84 Å². The van der Waals surface area contributed by atoms with E-state index in [0.29, 0.717) is 0 Å². The lowest BCUT2D eigenvalue weighted by molar-refractivity contribution is -0.123. The summed E-state index contributed by atoms with van der Waals surface area (Å²) in [6, 6.07) is -1.21. The van der Waals surface area contributed by atoms with Crippen LogP contribution in [-0.2, 0) is 4.79 Å². The molecule has 0 rings (SSSR count). The van der Waals surface area contributed by atoms with Crippen molar-refractivity contribution in [3.8, 4) is 0 Å². The smallest absolute Gasteiger partial charge is 0.405 e. The van der Waals surface area contributed by atoms with E-state index in [-0.39, 0.29) is 0 Å². The first-order chi connectivity index (χ1) is 5.11. The number of aliphatic hydroxyl groups excluding tert-OH is 1. The second-order valence-electron chi connectivity index (χ2n) is 1.69. The first-order valence-corrected chi connectivity index (χ1v) is 2.72. The maximum Gasteiger partial charge on any atom is 0.405 e. The fraction of sp³-hybridized carbons (Fsp3) is 0.500. The van der Waals surface area contributed by atoms with E-state index in [1.807, 2.05) is 0 Å². The van der Waals surface area contributed by atoms with Gasteiger partial charge in [-0.25, -0.2) is 10.6 Å². The van der Waals surface area contributed by atoms with Gasteiger partial charge < -0.3 is 15.5 Å². The van der Waals surface area contributed by atoms with Crippen LogP contribution < -0.4 is 16.6 Å². The van der Waals surface area contributed by atoms with Crippen LogP contribution in [-0.4, -0.2) is 34.9 Å². The van der Waals surface area contributed by atoms with Crippen LogP contribution in [0.15, 0.2) is 0 Å². The maximum absolute atomic E-state index is 10.6. The van der Waals surface area contributed by atoms with Crippen molar-refractivity contribution >= 4 is 12.0 Å². The van der Waals surface area contributed by atoms with Gasteiger partial charge in [0.05, 0.1) is 6.61 Å². The summed E-state index contributed by atoms with van der Waals surface area (Å²) < 4.78 is 0. The lowest BCUT2D eigenvalue weighted by Crippen LogP contribution is -2.50. The Bertz CT molecular complexity index is 159. The fourth-order valence-corrected chi connectivity index (χ4v) is 0.444. The van der Waals surface area contributed by atoms with Crippen LogP contribution in [0.25, 0.3) is 0 Å². The van der Waals surface area contributed by atoms with E-state index >= 15 is 0 Å². The maximum atomic E-state index is 10.6. The largest absolute Gasteiger partial charge is 0.465 e. The van der Waals surface area contributed by atoms with Crippen molar-refractivity contribution in [1.82, 2.24) is 10.7 Å². The molecule has 1 unspecified atom stereocenters. The van der Waals surface area contributed by atoms with Crippen molar-refractivity contribution < 1.29 is 19.8 Å². The summed E-state index contributed by atoms with van der Waals surface area (Å²) in [5.41, 5.74) is 1.70. The standard InChI is InChI=1S/C4H9N3O4/c5-7-3(9)2(1-8)6-4(10)11/h2,6,8H,1,5H2,(H,7,9)(H,10,11). The monoisotopic (exact) mass is 163 g/mol. The zero-order valence-electron chi connectivity index (χ0n) is 5.57. The number of rotatable bonds is 3. The van der Waals surface area contributed by atoms with E-state index in [2.05, 4.69) is 5.84 Å². The average molecular weight is 163 g/mol. The van der Waals surface area contributed by atoms with E-state index in [1.165, 1.54) is 0 Å². The number of aliphatic hydroxyl groups is 1. The second kappa shape index (κ2) is 4.47. The van der Waals surface area contributed by atoms with Crippen LogP contribution in [0.1, 0.15) is 0 Å². The van der Waals surface area contributed by atoms with Gasteiger partial charge in [-0.1, -0.05) is 0 Å². The van der Waals surface area contributed by atoms with Gasteiger partial charge in [-0.05, 0) is 0 Å². The van der Waals surface area contributed by atoms with Gasteiger partial charge in [0.15, 0.2) is 0 Å². The van der Waals surface area contributed by atoms with Crippen LogP contribution in [0.3, 0.4) is 0 Å². The van der Waals surface area contributed by atoms with Crippen LogP contribution in [0.4, 0.5) is 4.79 Å². The summed E-state index contributed by atoms with van der Waals surface area (Å²) in [5, 5.41) is 18.3. The fourth-order valence-electron chi connectivity index (χ4n) is 0.444. The number of nitrogens with two attached hydrogens (primary N) is 1.